The van der Waals surface area contributed by atoms with Gasteiger partial charge in [-0.2, -0.15) is 0 Å². The summed E-state index contributed by atoms with van der Waals surface area (Å²) in [7, 11) is 0. The van der Waals surface area contributed by atoms with Crippen LogP contribution < -0.4 is 5.32 Å². The van der Waals surface area contributed by atoms with Gasteiger partial charge in [-0.25, -0.2) is 0 Å². The zero-order chi connectivity index (χ0) is 11.6. The van der Waals surface area contributed by atoms with Gasteiger partial charge in [-0.1, -0.05) is 0 Å². The molecule has 4 unspecified atom stereocenters. The first-order valence-corrected chi connectivity index (χ1v) is 8.25. The third-order valence-electron chi connectivity index (χ3n) is 4.86. The predicted molar refractivity (Wildman–Crippen MR) is 76.1 cm³/mol. The topological polar surface area (TPSA) is 29.1 Å². The number of amides is 1. The monoisotopic (exact) mass is 359 g/mol. The minimum atomic E-state index is 0.142. The highest BCUT2D eigenvalue weighted by Gasteiger charge is 2.65. The van der Waals surface area contributed by atoms with Crippen LogP contribution in [0.3, 0.4) is 0 Å². The molecule has 2 bridgehead atoms. The van der Waals surface area contributed by atoms with E-state index in [0.717, 1.165) is 29.2 Å². The number of rotatable bonds is 2. The van der Waals surface area contributed by atoms with Crippen LogP contribution in [0.2, 0.25) is 0 Å². The Morgan fingerprint density at radius 3 is 2.65 bits per heavy atom. The second-order valence-corrected chi connectivity index (χ2v) is 8.43. The second kappa shape index (κ2) is 3.70. The van der Waals surface area contributed by atoms with Gasteiger partial charge in [0.1, 0.15) is 0 Å². The lowest BCUT2D eigenvalue weighted by atomic mass is 10.0. The van der Waals surface area contributed by atoms with E-state index in [9.17, 15) is 4.79 Å². The van der Waals surface area contributed by atoms with Crippen molar-refractivity contribution in [1.82, 2.24) is 5.32 Å². The molecule has 3 fully saturated rings. The molecule has 3 saturated carbocycles. The van der Waals surface area contributed by atoms with E-state index in [0.29, 0.717) is 6.04 Å². The summed E-state index contributed by atoms with van der Waals surface area (Å²) in [6, 6.07) is 2.49. The standard InChI is InChI=1S/C13H14INOS/c14-9-4-8(5-17-9)13(16)15-12-10-6-1-2-7(3-6)11(10)12/h4-7,10-12H,1-3H2,(H,15,16). The molecule has 4 atom stereocenters. The number of nitrogens with one attached hydrogen (secondary N) is 1. The van der Waals surface area contributed by atoms with Gasteiger partial charge in [0.05, 0.1) is 8.45 Å². The van der Waals surface area contributed by atoms with Crippen LogP contribution in [0.1, 0.15) is 29.6 Å². The molecule has 0 aliphatic heterocycles. The zero-order valence-corrected chi connectivity index (χ0v) is 12.3. The van der Waals surface area contributed by atoms with Crippen LogP contribution in [0.15, 0.2) is 11.4 Å². The van der Waals surface area contributed by atoms with Gasteiger partial charge >= 0.3 is 0 Å². The van der Waals surface area contributed by atoms with Crippen molar-refractivity contribution in [2.45, 2.75) is 25.3 Å². The van der Waals surface area contributed by atoms with Crippen LogP contribution in [-0.2, 0) is 0 Å². The summed E-state index contributed by atoms with van der Waals surface area (Å²) in [4.78, 5) is 12.1. The van der Waals surface area contributed by atoms with E-state index in [-0.39, 0.29) is 5.91 Å². The van der Waals surface area contributed by atoms with E-state index < -0.39 is 0 Å². The molecule has 17 heavy (non-hydrogen) atoms. The van der Waals surface area contributed by atoms with Gasteiger partial charge in [0.2, 0.25) is 0 Å². The Balaban J connectivity index is 1.45. The molecule has 1 aromatic rings. The van der Waals surface area contributed by atoms with Crippen molar-refractivity contribution in [2.75, 3.05) is 0 Å². The average Bonchev–Trinajstić information content (AvgIpc) is 2.77. The fourth-order valence-corrected chi connectivity index (χ4v) is 5.51. The molecule has 3 aliphatic rings. The minimum Gasteiger partial charge on any atom is -0.349 e. The van der Waals surface area contributed by atoms with Crippen molar-refractivity contribution in [2.24, 2.45) is 23.7 Å². The fraction of sp³-hybridized carbons (Fsp3) is 0.615. The Morgan fingerprint density at radius 1 is 1.35 bits per heavy atom. The first kappa shape index (κ1) is 10.8. The van der Waals surface area contributed by atoms with Crippen molar-refractivity contribution in [3.8, 4) is 0 Å². The lowest BCUT2D eigenvalue weighted by Gasteiger charge is -2.09. The second-order valence-electron chi connectivity index (χ2n) is 5.63. The summed E-state index contributed by atoms with van der Waals surface area (Å²) in [5.41, 5.74) is 0.844. The number of carbonyl (C=O) groups excluding carboxylic acids is 1. The van der Waals surface area contributed by atoms with Crippen LogP contribution in [0.25, 0.3) is 0 Å². The van der Waals surface area contributed by atoms with Crippen molar-refractivity contribution >= 4 is 39.8 Å². The third kappa shape index (κ3) is 1.59. The molecule has 1 heterocycles. The molecule has 1 amide bonds. The normalized spacial score (nSPS) is 41.4. The fourth-order valence-electron chi connectivity index (χ4n) is 4.18. The van der Waals surface area contributed by atoms with Gasteiger partial charge in [-0.15, -0.1) is 11.3 Å². The molecule has 1 N–H and O–H groups in total. The molecule has 4 heteroatoms. The van der Waals surface area contributed by atoms with Crippen LogP contribution in [0, 0.1) is 26.6 Å². The maximum atomic E-state index is 12.1. The van der Waals surface area contributed by atoms with Crippen molar-refractivity contribution in [3.63, 3.8) is 0 Å². The lowest BCUT2D eigenvalue weighted by molar-refractivity contribution is 0.0944. The Morgan fingerprint density at radius 2 is 2.06 bits per heavy atom. The van der Waals surface area contributed by atoms with Gasteiger partial charge in [-0.3, -0.25) is 4.79 Å². The van der Waals surface area contributed by atoms with Gasteiger partial charge < -0.3 is 5.32 Å². The van der Waals surface area contributed by atoms with Crippen LogP contribution in [-0.4, -0.2) is 11.9 Å². The highest BCUT2D eigenvalue weighted by atomic mass is 127. The van der Waals surface area contributed by atoms with E-state index in [1.807, 2.05) is 11.4 Å². The first-order valence-electron chi connectivity index (χ1n) is 6.29. The summed E-state index contributed by atoms with van der Waals surface area (Å²) in [5.74, 6) is 3.66. The molecule has 0 spiro atoms. The van der Waals surface area contributed by atoms with E-state index in [1.54, 1.807) is 11.3 Å². The largest absolute Gasteiger partial charge is 0.349 e. The molecular formula is C13H14INOS. The molecule has 0 radical (unpaired) electrons. The van der Waals surface area contributed by atoms with E-state index >= 15 is 0 Å². The maximum Gasteiger partial charge on any atom is 0.252 e. The predicted octanol–water partition coefficient (Wildman–Crippen LogP) is 3.13. The van der Waals surface area contributed by atoms with Crippen LogP contribution in [0.5, 0.6) is 0 Å². The SMILES string of the molecule is O=C(NC1C2C3CCC(C3)C12)c1csc(I)c1. The van der Waals surface area contributed by atoms with Crippen molar-refractivity contribution in [1.29, 1.82) is 0 Å². The Kier molecular flexibility index (Phi) is 2.35. The van der Waals surface area contributed by atoms with Crippen LogP contribution in [0.4, 0.5) is 0 Å². The molecule has 2 nitrogen and oxygen atoms in total. The maximum absolute atomic E-state index is 12.1. The van der Waals surface area contributed by atoms with Crippen molar-refractivity contribution in [3.05, 3.63) is 19.9 Å². The number of fused-ring (bicyclic) bond motifs is 5. The number of hydrogen-bond donors (Lipinski definition) is 1. The van der Waals surface area contributed by atoms with Gasteiger partial charge in [0, 0.05) is 11.4 Å². The summed E-state index contributed by atoms with van der Waals surface area (Å²) >= 11 is 3.91. The van der Waals surface area contributed by atoms with Gasteiger partial charge in [0.15, 0.2) is 0 Å². The number of carbonyl (C=O) groups is 1. The Hall–Kier alpha value is -0.100. The lowest BCUT2D eigenvalue weighted by Crippen LogP contribution is -2.29. The summed E-state index contributed by atoms with van der Waals surface area (Å²) < 4.78 is 1.18. The molecule has 3 aliphatic carbocycles. The molecule has 90 valence electrons. The van der Waals surface area contributed by atoms with Gasteiger partial charge in [0.25, 0.3) is 5.91 Å². The quantitative estimate of drug-likeness (QED) is 0.808. The number of halogens is 1. The highest BCUT2D eigenvalue weighted by Crippen LogP contribution is 2.65. The summed E-state index contributed by atoms with van der Waals surface area (Å²) in [6.07, 6.45) is 4.27. The molecule has 0 saturated heterocycles. The molecule has 0 aromatic carbocycles. The van der Waals surface area contributed by atoms with E-state index in [1.165, 1.54) is 22.1 Å². The third-order valence-corrected chi connectivity index (χ3v) is 6.65. The van der Waals surface area contributed by atoms with Crippen LogP contribution >= 0.6 is 33.9 Å². The zero-order valence-electron chi connectivity index (χ0n) is 9.36. The first-order chi connectivity index (χ1) is 8.24. The van der Waals surface area contributed by atoms with E-state index in [4.69, 9.17) is 0 Å². The molecule has 4 rings (SSSR count). The minimum absolute atomic E-state index is 0.142. The summed E-state index contributed by atoms with van der Waals surface area (Å²) in [5, 5.41) is 5.21. The molecule has 1 aromatic heterocycles. The smallest absolute Gasteiger partial charge is 0.252 e. The number of hydrogen-bond acceptors (Lipinski definition) is 2. The van der Waals surface area contributed by atoms with Gasteiger partial charge in [-0.05, 0) is 71.6 Å². The Bertz CT molecular complexity index is 470. The van der Waals surface area contributed by atoms with Crippen molar-refractivity contribution < 1.29 is 4.79 Å². The number of thiophene rings is 1. The average molecular weight is 359 g/mol. The molecular weight excluding hydrogens is 345 g/mol. The highest BCUT2D eigenvalue weighted by molar-refractivity contribution is 14.1. The Labute approximate surface area is 118 Å². The summed E-state index contributed by atoms with van der Waals surface area (Å²) in [6.45, 7) is 0. The van der Waals surface area contributed by atoms with E-state index in [2.05, 4.69) is 27.9 Å².